The quantitative estimate of drug-likeness (QED) is 0.223. The number of piperidine rings is 2. The standard InChI is InChI=1S/C39H38FN9O3/c40-26-5-1-4-24(20-26)31-7-3-17-47(31)36-13-12-34-41-22-33(49(34)45-36)30-6-2-8-35(43-30)46-18-15-27(16-19-46)42-28-10-9-25-23-48(39(52)29(25)21-28)32-11-14-37(50)44-38(32)51/h1-2,4-6,8-10,12-13,20-22,27,31-32,42H,3,7,11,14-19,23H2,(H,44,50,51)/t31-,32?/m1/s1. The van der Waals surface area contributed by atoms with Crippen LogP contribution in [0.4, 0.5) is 21.7 Å². The lowest BCUT2D eigenvalue weighted by Crippen LogP contribution is -2.52. The number of hydrogen-bond donors (Lipinski definition) is 2. The smallest absolute Gasteiger partial charge is 0.255 e. The van der Waals surface area contributed by atoms with Crippen molar-refractivity contribution in [1.82, 2.24) is 29.8 Å². The van der Waals surface area contributed by atoms with E-state index >= 15 is 0 Å². The summed E-state index contributed by atoms with van der Waals surface area (Å²) in [6.45, 7) is 2.84. The Labute approximate surface area is 299 Å². The molecule has 0 aliphatic carbocycles. The topological polar surface area (TPSA) is 128 Å². The number of pyridine rings is 1. The van der Waals surface area contributed by atoms with Gasteiger partial charge >= 0.3 is 0 Å². The summed E-state index contributed by atoms with van der Waals surface area (Å²) in [4.78, 5) is 53.1. The predicted octanol–water partition coefficient (Wildman–Crippen LogP) is 5.11. The Balaban J connectivity index is 0.865. The lowest BCUT2D eigenvalue weighted by atomic mass is 10.0. The van der Waals surface area contributed by atoms with E-state index in [1.54, 1.807) is 17.0 Å². The first kappa shape index (κ1) is 32.1. The van der Waals surface area contributed by atoms with Crippen LogP contribution in [0.5, 0.6) is 0 Å². The summed E-state index contributed by atoms with van der Waals surface area (Å²) in [5.41, 5.74) is 5.66. The number of aromatic nitrogens is 4. The molecule has 52 heavy (non-hydrogen) atoms. The number of amides is 3. The van der Waals surface area contributed by atoms with Gasteiger partial charge in [-0.15, -0.1) is 5.10 Å². The number of benzene rings is 2. The number of carbonyl (C=O) groups excluding carboxylic acids is 3. The van der Waals surface area contributed by atoms with E-state index in [2.05, 4.69) is 25.4 Å². The SMILES string of the molecule is O=C1CCC(N2Cc3ccc(NC4CCN(c5cccc(-c6cnc7ccc(N8CCC[C@@H]8c8cccc(F)c8)nn67)n5)CC4)cc3C2=O)C(=O)N1. The highest BCUT2D eigenvalue weighted by Crippen LogP contribution is 2.36. The summed E-state index contributed by atoms with van der Waals surface area (Å²) in [6, 6.07) is 22.4. The van der Waals surface area contributed by atoms with Gasteiger partial charge in [-0.3, -0.25) is 19.7 Å². The number of imidazole rings is 1. The Bertz CT molecular complexity index is 2210. The third-order valence-corrected chi connectivity index (χ3v) is 10.8. The van der Waals surface area contributed by atoms with Crippen molar-refractivity contribution in [2.45, 2.75) is 63.2 Å². The van der Waals surface area contributed by atoms with Gasteiger partial charge in [0.25, 0.3) is 5.91 Å². The number of nitrogens with zero attached hydrogens (tertiary/aromatic N) is 7. The van der Waals surface area contributed by atoms with Crippen molar-refractivity contribution in [2.24, 2.45) is 0 Å². The average Bonchev–Trinajstić information content (AvgIpc) is 3.90. The van der Waals surface area contributed by atoms with Crippen molar-refractivity contribution in [1.29, 1.82) is 0 Å². The molecule has 12 nitrogen and oxygen atoms in total. The number of nitrogens with one attached hydrogen (secondary N) is 2. The second-order valence-electron chi connectivity index (χ2n) is 14.1. The number of anilines is 3. The third-order valence-electron chi connectivity index (χ3n) is 10.8. The number of rotatable bonds is 7. The molecule has 0 spiro atoms. The second kappa shape index (κ2) is 13.0. The van der Waals surface area contributed by atoms with Crippen molar-refractivity contribution in [3.63, 3.8) is 0 Å². The van der Waals surface area contributed by atoms with Crippen LogP contribution in [0.1, 0.15) is 66.1 Å². The molecule has 0 saturated carbocycles. The lowest BCUT2D eigenvalue weighted by molar-refractivity contribution is -0.136. The van der Waals surface area contributed by atoms with Gasteiger partial charge in [0.2, 0.25) is 11.8 Å². The number of halogens is 1. The first-order chi connectivity index (χ1) is 25.4. The van der Waals surface area contributed by atoms with Crippen molar-refractivity contribution in [3.05, 3.63) is 102 Å². The van der Waals surface area contributed by atoms with Gasteiger partial charge < -0.3 is 20.0 Å². The molecular weight excluding hydrogens is 661 g/mol. The summed E-state index contributed by atoms with van der Waals surface area (Å²) < 4.78 is 15.9. The maximum atomic E-state index is 14.1. The Hall–Kier alpha value is -5.85. The molecule has 13 heteroatoms. The summed E-state index contributed by atoms with van der Waals surface area (Å²) in [5, 5.41) is 11.0. The molecular formula is C39H38FN9O3. The average molecular weight is 700 g/mol. The van der Waals surface area contributed by atoms with Crippen LogP contribution in [-0.2, 0) is 16.1 Å². The molecule has 264 valence electrons. The Morgan fingerprint density at radius 2 is 1.69 bits per heavy atom. The van der Waals surface area contributed by atoms with Crippen molar-refractivity contribution in [3.8, 4) is 11.4 Å². The van der Waals surface area contributed by atoms with Gasteiger partial charge in [-0.1, -0.05) is 24.3 Å². The maximum Gasteiger partial charge on any atom is 0.255 e. The van der Waals surface area contributed by atoms with Crippen LogP contribution >= 0.6 is 0 Å². The van der Waals surface area contributed by atoms with Gasteiger partial charge in [0, 0.05) is 49.9 Å². The van der Waals surface area contributed by atoms with E-state index in [1.807, 2.05) is 65.3 Å². The molecule has 1 unspecified atom stereocenters. The first-order valence-corrected chi connectivity index (χ1v) is 18.0. The Kier molecular flexibility index (Phi) is 8.05. The zero-order valence-electron chi connectivity index (χ0n) is 28.5. The summed E-state index contributed by atoms with van der Waals surface area (Å²) in [6.07, 6.45) is 6.12. The number of fused-ring (bicyclic) bond motifs is 2. The van der Waals surface area contributed by atoms with Crippen LogP contribution in [0.2, 0.25) is 0 Å². The van der Waals surface area contributed by atoms with E-state index in [4.69, 9.17) is 10.1 Å². The van der Waals surface area contributed by atoms with Crippen LogP contribution in [-0.4, -0.2) is 73.9 Å². The van der Waals surface area contributed by atoms with Crippen LogP contribution in [0.25, 0.3) is 17.0 Å². The van der Waals surface area contributed by atoms with E-state index in [9.17, 15) is 18.8 Å². The number of hydrogen-bond acceptors (Lipinski definition) is 9. The Morgan fingerprint density at radius 3 is 2.54 bits per heavy atom. The Morgan fingerprint density at radius 1 is 0.827 bits per heavy atom. The molecule has 3 aromatic heterocycles. The van der Waals surface area contributed by atoms with E-state index in [-0.39, 0.29) is 36.1 Å². The van der Waals surface area contributed by atoms with Crippen molar-refractivity contribution in [2.75, 3.05) is 34.8 Å². The zero-order valence-corrected chi connectivity index (χ0v) is 28.5. The molecule has 2 aromatic carbocycles. The molecule has 3 fully saturated rings. The second-order valence-corrected chi connectivity index (χ2v) is 14.1. The van der Waals surface area contributed by atoms with E-state index < -0.39 is 11.9 Å². The summed E-state index contributed by atoms with van der Waals surface area (Å²) in [5.74, 6) is 0.625. The van der Waals surface area contributed by atoms with E-state index in [0.717, 1.165) is 90.8 Å². The first-order valence-electron chi connectivity index (χ1n) is 18.0. The highest BCUT2D eigenvalue weighted by Gasteiger charge is 2.39. The van der Waals surface area contributed by atoms with Crippen LogP contribution in [0, 0.1) is 5.82 Å². The van der Waals surface area contributed by atoms with E-state index in [1.165, 1.54) is 6.07 Å². The molecule has 9 rings (SSSR count). The minimum Gasteiger partial charge on any atom is -0.382 e. The lowest BCUT2D eigenvalue weighted by Gasteiger charge is -2.33. The molecule has 4 aliphatic rings. The van der Waals surface area contributed by atoms with Crippen molar-refractivity contribution >= 4 is 40.7 Å². The highest BCUT2D eigenvalue weighted by atomic mass is 19.1. The van der Waals surface area contributed by atoms with Gasteiger partial charge in [-0.2, -0.15) is 0 Å². The molecule has 0 bridgehead atoms. The fourth-order valence-corrected chi connectivity index (χ4v) is 8.17. The molecule has 3 saturated heterocycles. The van der Waals surface area contributed by atoms with Gasteiger partial charge in [-0.05, 0) is 91.8 Å². The number of carbonyl (C=O) groups is 3. The summed E-state index contributed by atoms with van der Waals surface area (Å²) >= 11 is 0. The van der Waals surface area contributed by atoms with Gasteiger partial charge in [0.15, 0.2) is 5.65 Å². The fourth-order valence-electron chi connectivity index (χ4n) is 8.17. The third kappa shape index (κ3) is 5.89. The summed E-state index contributed by atoms with van der Waals surface area (Å²) in [7, 11) is 0. The minimum absolute atomic E-state index is 0.0621. The largest absolute Gasteiger partial charge is 0.382 e. The molecule has 0 radical (unpaired) electrons. The van der Waals surface area contributed by atoms with Gasteiger partial charge in [0.1, 0.15) is 29.2 Å². The van der Waals surface area contributed by atoms with Crippen molar-refractivity contribution < 1.29 is 18.8 Å². The zero-order chi connectivity index (χ0) is 35.3. The molecule has 5 aromatic rings. The molecule has 7 heterocycles. The van der Waals surface area contributed by atoms with Crippen LogP contribution in [0.15, 0.2) is 79.0 Å². The minimum atomic E-state index is -0.623. The molecule has 2 atom stereocenters. The van der Waals surface area contributed by atoms with Gasteiger partial charge in [0.05, 0.1) is 17.9 Å². The number of imide groups is 1. The van der Waals surface area contributed by atoms with Crippen LogP contribution in [0.3, 0.4) is 0 Å². The van der Waals surface area contributed by atoms with Crippen LogP contribution < -0.4 is 20.4 Å². The highest BCUT2D eigenvalue weighted by molar-refractivity contribution is 6.05. The molecule has 3 amide bonds. The monoisotopic (exact) mass is 699 g/mol. The predicted molar refractivity (Wildman–Crippen MR) is 193 cm³/mol. The normalized spacial score (nSPS) is 20.9. The molecule has 4 aliphatic heterocycles. The fraction of sp³-hybridized carbons (Fsp3) is 0.333. The maximum absolute atomic E-state index is 14.1. The van der Waals surface area contributed by atoms with Gasteiger partial charge in [-0.25, -0.2) is 18.9 Å². The van der Waals surface area contributed by atoms with E-state index in [0.29, 0.717) is 18.5 Å². The molecule has 2 N–H and O–H groups in total.